The van der Waals surface area contributed by atoms with E-state index in [-0.39, 0.29) is 0 Å². The van der Waals surface area contributed by atoms with Crippen LogP contribution in [0.4, 0.5) is 13.2 Å². The van der Waals surface area contributed by atoms with Crippen LogP contribution in [0.15, 0.2) is 24.3 Å². The molecule has 16 heavy (non-hydrogen) atoms. The van der Waals surface area contributed by atoms with Gasteiger partial charge in [0.05, 0.1) is 5.56 Å². The van der Waals surface area contributed by atoms with Crippen molar-refractivity contribution >= 4 is 5.97 Å². The normalized spacial score (nSPS) is 15.6. The Kier molecular flexibility index (Phi) is 2.96. The number of aliphatic carboxylic acids is 1. The van der Waals surface area contributed by atoms with Crippen molar-refractivity contribution in [3.8, 4) is 0 Å². The number of rotatable bonds is 2. The summed E-state index contributed by atoms with van der Waals surface area (Å²) in [6.45, 7) is 1.08. The molecule has 0 spiro atoms. The molecule has 1 rings (SSSR count). The molecule has 0 aliphatic rings. The van der Waals surface area contributed by atoms with Gasteiger partial charge in [0, 0.05) is 12.5 Å². The van der Waals surface area contributed by atoms with E-state index in [9.17, 15) is 23.1 Å². The molecule has 0 saturated carbocycles. The van der Waals surface area contributed by atoms with Gasteiger partial charge in [-0.05, 0) is 6.07 Å². The van der Waals surface area contributed by atoms with Gasteiger partial charge in [0.2, 0.25) is 0 Å². The van der Waals surface area contributed by atoms with Gasteiger partial charge in [-0.1, -0.05) is 18.2 Å². The second-order valence-electron chi connectivity index (χ2n) is 3.66. The predicted molar refractivity (Wildman–Crippen MR) is 46.7 cm³/mol. The van der Waals surface area contributed by atoms with Crippen LogP contribution < -0.4 is 10.8 Å². The molecule has 0 saturated heterocycles. The molecule has 1 atom stereocenters. The molecule has 0 amide bonds. The van der Waals surface area contributed by atoms with Gasteiger partial charge in [-0.15, -0.1) is 0 Å². The molecule has 3 nitrogen and oxygen atoms in total. The molecule has 1 aromatic rings. The second kappa shape index (κ2) is 3.79. The number of benzene rings is 1. The molecule has 1 aromatic carbocycles. The highest BCUT2D eigenvalue weighted by Gasteiger charge is 2.40. The molecule has 0 aliphatic carbocycles. The van der Waals surface area contributed by atoms with Crippen LogP contribution in [-0.2, 0) is 16.5 Å². The lowest BCUT2D eigenvalue weighted by Crippen LogP contribution is -2.75. The highest BCUT2D eigenvalue weighted by Crippen LogP contribution is 2.34. The second-order valence-corrected chi connectivity index (χ2v) is 3.66. The Morgan fingerprint density at radius 1 is 1.25 bits per heavy atom. The Bertz CT molecular complexity index is 413. The topological polar surface area (TPSA) is 67.8 Å². The number of halogens is 3. The first kappa shape index (κ1) is 12.5. The van der Waals surface area contributed by atoms with Crippen LogP contribution in [0.25, 0.3) is 0 Å². The Morgan fingerprint density at radius 3 is 2.06 bits per heavy atom. The highest BCUT2D eigenvalue weighted by molar-refractivity contribution is 5.76. The third-order valence-electron chi connectivity index (χ3n) is 2.28. The Labute approximate surface area is 89.7 Å². The monoisotopic (exact) mass is 233 g/mol. The first-order valence-corrected chi connectivity index (χ1v) is 4.41. The van der Waals surface area contributed by atoms with E-state index in [4.69, 9.17) is 0 Å². The van der Waals surface area contributed by atoms with Crippen LogP contribution in [0.1, 0.15) is 18.1 Å². The number of alkyl halides is 3. The lowest BCUT2D eigenvalue weighted by atomic mass is 9.89. The zero-order chi connectivity index (χ0) is 12.6. The van der Waals surface area contributed by atoms with E-state index in [1.807, 2.05) is 0 Å². The third-order valence-corrected chi connectivity index (χ3v) is 2.28. The van der Waals surface area contributed by atoms with Crippen molar-refractivity contribution in [1.82, 2.24) is 0 Å². The summed E-state index contributed by atoms with van der Waals surface area (Å²) in [5, 5.41) is 10.8. The predicted octanol–water partition coefficient (Wildman–Crippen LogP) is -0.0876. The molecule has 0 radical (unpaired) electrons. The number of carbonyl (C=O) groups is 1. The van der Waals surface area contributed by atoms with Crippen molar-refractivity contribution in [2.75, 3.05) is 0 Å². The zero-order valence-corrected chi connectivity index (χ0v) is 8.47. The first-order chi connectivity index (χ1) is 7.17. The fraction of sp³-hybridized carbons (Fsp3) is 0.300. The Balaban J connectivity index is 3.41. The van der Waals surface area contributed by atoms with Crippen LogP contribution in [0.5, 0.6) is 0 Å². The minimum absolute atomic E-state index is 0.400. The molecule has 6 heteroatoms. The summed E-state index contributed by atoms with van der Waals surface area (Å²) in [6.07, 6.45) is -4.61. The van der Waals surface area contributed by atoms with Gasteiger partial charge in [-0.2, -0.15) is 13.2 Å². The quantitative estimate of drug-likeness (QED) is 0.775. The third kappa shape index (κ3) is 2.16. The van der Waals surface area contributed by atoms with E-state index >= 15 is 0 Å². The molecule has 0 bridgehead atoms. The lowest BCUT2D eigenvalue weighted by Gasteiger charge is -2.25. The van der Waals surface area contributed by atoms with Crippen molar-refractivity contribution in [2.45, 2.75) is 18.6 Å². The summed E-state index contributed by atoms with van der Waals surface area (Å²) in [5.74, 6) is -1.65. The van der Waals surface area contributed by atoms with Crippen LogP contribution in [0.2, 0.25) is 0 Å². The number of hydrogen-bond acceptors (Lipinski definition) is 2. The Hall–Kier alpha value is -1.56. The maximum absolute atomic E-state index is 12.6. The van der Waals surface area contributed by atoms with Gasteiger partial charge in [0.25, 0.3) is 0 Å². The smallest absolute Gasteiger partial charge is 0.416 e. The van der Waals surface area contributed by atoms with E-state index in [1.165, 1.54) is 12.1 Å². The molecule has 0 unspecified atom stereocenters. The molecule has 0 aromatic heterocycles. The largest absolute Gasteiger partial charge is 0.543 e. The fourth-order valence-electron chi connectivity index (χ4n) is 1.32. The molecule has 0 fully saturated rings. The van der Waals surface area contributed by atoms with Gasteiger partial charge in [-0.25, -0.2) is 0 Å². The van der Waals surface area contributed by atoms with Gasteiger partial charge in [0.15, 0.2) is 5.54 Å². The lowest BCUT2D eigenvalue weighted by molar-refractivity contribution is -0.490. The molecule has 0 aliphatic heterocycles. The minimum Gasteiger partial charge on any atom is -0.543 e. The molecular weight excluding hydrogens is 223 g/mol. The van der Waals surface area contributed by atoms with E-state index in [0.717, 1.165) is 19.1 Å². The average molecular weight is 233 g/mol. The number of carbonyl (C=O) groups excluding carboxylic acids is 1. The number of carboxylic acids is 1. The summed E-state index contributed by atoms with van der Waals surface area (Å²) in [5.41, 5.74) is -0.0762. The summed E-state index contributed by atoms with van der Waals surface area (Å²) in [6, 6.07) is 4.43. The summed E-state index contributed by atoms with van der Waals surface area (Å²) >= 11 is 0. The molecular formula is C10H10F3NO2. The van der Waals surface area contributed by atoms with Crippen molar-refractivity contribution in [3.05, 3.63) is 35.4 Å². The summed E-state index contributed by atoms with van der Waals surface area (Å²) in [7, 11) is 0. The highest BCUT2D eigenvalue weighted by atomic mass is 19.4. The molecule has 88 valence electrons. The van der Waals surface area contributed by atoms with Gasteiger partial charge < -0.3 is 15.6 Å². The van der Waals surface area contributed by atoms with Crippen molar-refractivity contribution in [1.29, 1.82) is 0 Å². The van der Waals surface area contributed by atoms with E-state index < -0.39 is 28.8 Å². The summed E-state index contributed by atoms with van der Waals surface area (Å²) in [4.78, 5) is 10.8. The maximum Gasteiger partial charge on any atom is 0.416 e. The van der Waals surface area contributed by atoms with Crippen molar-refractivity contribution in [2.24, 2.45) is 0 Å². The Morgan fingerprint density at radius 2 is 1.69 bits per heavy atom. The van der Waals surface area contributed by atoms with Gasteiger partial charge >= 0.3 is 6.18 Å². The zero-order valence-electron chi connectivity index (χ0n) is 8.47. The van der Waals surface area contributed by atoms with Gasteiger partial charge in [-0.3, -0.25) is 0 Å². The molecule has 0 heterocycles. The fourth-order valence-corrected chi connectivity index (χ4v) is 1.32. The van der Waals surface area contributed by atoms with Gasteiger partial charge in [0.1, 0.15) is 5.97 Å². The minimum atomic E-state index is -4.61. The molecule has 3 N–H and O–H groups in total. The van der Waals surface area contributed by atoms with Crippen LogP contribution in [-0.4, -0.2) is 5.97 Å². The maximum atomic E-state index is 12.6. The average Bonchev–Trinajstić information content (AvgIpc) is 2.16. The van der Waals surface area contributed by atoms with E-state index in [1.54, 1.807) is 0 Å². The first-order valence-electron chi connectivity index (χ1n) is 4.41. The van der Waals surface area contributed by atoms with Crippen LogP contribution >= 0.6 is 0 Å². The van der Waals surface area contributed by atoms with E-state index in [2.05, 4.69) is 5.73 Å². The van der Waals surface area contributed by atoms with Crippen molar-refractivity contribution in [3.63, 3.8) is 0 Å². The summed E-state index contributed by atoms with van der Waals surface area (Å²) < 4.78 is 37.8. The van der Waals surface area contributed by atoms with Crippen LogP contribution in [0.3, 0.4) is 0 Å². The SMILES string of the molecule is C[C@]([NH3+])(C(=O)[O-])c1ccccc1C(F)(F)F. The number of quaternary nitrogens is 1. The van der Waals surface area contributed by atoms with Crippen molar-refractivity contribution < 1.29 is 28.8 Å². The van der Waals surface area contributed by atoms with Crippen LogP contribution in [0, 0.1) is 0 Å². The number of carboxylic acid groups (broad SMARTS) is 1. The number of hydrogen-bond donors (Lipinski definition) is 1. The standard InChI is InChI=1S/C10H10F3NO2/c1-9(14,8(15)16)6-4-2-3-5-7(6)10(11,12)13/h2-5H,14H2,1H3,(H,15,16)/t9-/m1/s1. The van der Waals surface area contributed by atoms with E-state index in [0.29, 0.717) is 0 Å².